The summed E-state index contributed by atoms with van der Waals surface area (Å²) < 4.78 is 26.9. The van der Waals surface area contributed by atoms with E-state index in [4.69, 9.17) is 5.11 Å². The molecule has 1 aliphatic rings. The van der Waals surface area contributed by atoms with E-state index in [1.54, 1.807) is 11.3 Å². The number of H-pyrrole nitrogens is 1. The van der Waals surface area contributed by atoms with E-state index in [2.05, 4.69) is 4.98 Å². The topological polar surface area (TPSA) is 73.4 Å². The molecule has 20 heavy (non-hydrogen) atoms. The largest absolute Gasteiger partial charge is 0.390 e. The van der Waals surface area contributed by atoms with Gasteiger partial charge in [0.1, 0.15) is 0 Å². The first-order valence-corrected chi connectivity index (χ1v) is 8.72. The number of fused-ring (bicyclic) bond motifs is 1. The molecule has 7 heteroatoms. The predicted octanol–water partition coefficient (Wildman–Crippen LogP) is 1.88. The molecule has 2 aromatic rings. The van der Waals surface area contributed by atoms with Crippen LogP contribution in [0.25, 0.3) is 0 Å². The quantitative estimate of drug-likeness (QED) is 0.909. The van der Waals surface area contributed by atoms with Crippen LogP contribution < -0.4 is 0 Å². The lowest BCUT2D eigenvalue weighted by atomic mass is 10.0. The van der Waals surface area contributed by atoms with E-state index in [9.17, 15) is 8.42 Å². The third-order valence-electron chi connectivity index (χ3n) is 3.71. The number of hydrogen-bond acceptors (Lipinski definition) is 4. The lowest BCUT2D eigenvalue weighted by molar-refractivity contribution is 0.277. The van der Waals surface area contributed by atoms with Crippen LogP contribution in [0.3, 0.4) is 0 Å². The highest BCUT2D eigenvalue weighted by Gasteiger charge is 2.34. The monoisotopic (exact) mass is 312 g/mol. The Bertz CT molecular complexity index is 718. The van der Waals surface area contributed by atoms with Crippen LogP contribution in [0.1, 0.15) is 29.1 Å². The molecule has 2 aromatic heterocycles. The number of aromatic amines is 1. The molecule has 0 spiro atoms. The van der Waals surface area contributed by atoms with E-state index in [0.29, 0.717) is 12.2 Å². The number of nitrogens with one attached hydrogen (secondary N) is 1. The molecule has 0 saturated carbocycles. The fraction of sp³-hybridized carbons (Fsp3) is 0.385. The molecule has 0 aliphatic carbocycles. The van der Waals surface area contributed by atoms with E-state index in [-0.39, 0.29) is 17.5 Å². The molecule has 0 fully saturated rings. The number of thiophene rings is 1. The maximum absolute atomic E-state index is 12.7. The van der Waals surface area contributed by atoms with Crippen LogP contribution in [0, 0.1) is 0 Å². The van der Waals surface area contributed by atoms with Gasteiger partial charge in [-0.1, -0.05) is 0 Å². The average Bonchev–Trinajstić information content (AvgIpc) is 3.08. The highest BCUT2D eigenvalue weighted by molar-refractivity contribution is 7.89. The lowest BCUT2D eigenvalue weighted by Crippen LogP contribution is -2.38. The number of nitrogens with zero attached hydrogens (tertiary/aromatic N) is 1. The third-order valence-corrected chi connectivity index (χ3v) is 6.66. The minimum atomic E-state index is -3.53. The minimum Gasteiger partial charge on any atom is -0.390 e. The second-order valence-corrected chi connectivity index (χ2v) is 7.75. The van der Waals surface area contributed by atoms with Crippen LogP contribution in [0.15, 0.2) is 28.6 Å². The zero-order chi connectivity index (χ0) is 14.3. The van der Waals surface area contributed by atoms with Gasteiger partial charge in [0.2, 0.25) is 10.0 Å². The Morgan fingerprint density at radius 1 is 1.55 bits per heavy atom. The van der Waals surface area contributed by atoms with Gasteiger partial charge in [0.05, 0.1) is 11.5 Å². The van der Waals surface area contributed by atoms with Gasteiger partial charge in [-0.25, -0.2) is 8.42 Å². The molecule has 1 atom stereocenters. The second-order valence-electron chi connectivity index (χ2n) is 4.86. The Morgan fingerprint density at radius 3 is 3.05 bits per heavy atom. The van der Waals surface area contributed by atoms with Gasteiger partial charge >= 0.3 is 0 Å². The van der Waals surface area contributed by atoms with Gasteiger partial charge < -0.3 is 10.1 Å². The molecule has 2 N–H and O–H groups in total. The van der Waals surface area contributed by atoms with Crippen molar-refractivity contribution in [1.82, 2.24) is 9.29 Å². The van der Waals surface area contributed by atoms with Crippen molar-refractivity contribution in [2.24, 2.45) is 0 Å². The van der Waals surface area contributed by atoms with Crippen LogP contribution in [-0.4, -0.2) is 29.4 Å². The number of hydrogen-bond donors (Lipinski definition) is 2. The minimum absolute atomic E-state index is 0.150. The number of aliphatic hydroxyl groups excluding tert-OH is 1. The Kier molecular flexibility index (Phi) is 3.45. The van der Waals surface area contributed by atoms with E-state index < -0.39 is 10.0 Å². The summed E-state index contributed by atoms with van der Waals surface area (Å²) in [5.41, 5.74) is 1.60. The molecule has 3 heterocycles. The van der Waals surface area contributed by atoms with Crippen LogP contribution in [-0.2, 0) is 23.1 Å². The standard InChI is InChI=1S/C13H16N2O3S2/c1-9-12-3-5-19-13(12)2-4-15(9)20(17,18)11-6-10(8-16)14-7-11/h3,5-7,9,14,16H,2,4,8H2,1H3. The van der Waals surface area contributed by atoms with Crippen molar-refractivity contribution in [3.63, 3.8) is 0 Å². The molecule has 0 radical (unpaired) electrons. The maximum atomic E-state index is 12.7. The molecule has 108 valence electrons. The zero-order valence-corrected chi connectivity index (χ0v) is 12.7. The Labute approximate surface area is 121 Å². The fourth-order valence-electron chi connectivity index (χ4n) is 2.61. The van der Waals surface area contributed by atoms with E-state index in [0.717, 1.165) is 12.0 Å². The van der Waals surface area contributed by atoms with Gasteiger partial charge in [-0.3, -0.25) is 0 Å². The van der Waals surface area contributed by atoms with Gasteiger partial charge in [-0.2, -0.15) is 4.31 Å². The first-order chi connectivity index (χ1) is 9.54. The Balaban J connectivity index is 1.96. The van der Waals surface area contributed by atoms with Crippen molar-refractivity contribution < 1.29 is 13.5 Å². The van der Waals surface area contributed by atoms with Crippen molar-refractivity contribution >= 4 is 21.4 Å². The smallest absolute Gasteiger partial charge is 0.245 e. The molecular formula is C13H16N2O3S2. The Hall–Kier alpha value is -1.15. The number of aliphatic hydroxyl groups is 1. The molecule has 0 saturated heterocycles. The number of aromatic nitrogens is 1. The lowest BCUT2D eigenvalue weighted by Gasteiger charge is -2.32. The summed E-state index contributed by atoms with van der Waals surface area (Å²) in [5.74, 6) is 0. The van der Waals surface area contributed by atoms with Crippen molar-refractivity contribution in [3.8, 4) is 0 Å². The third kappa shape index (κ3) is 2.10. The summed E-state index contributed by atoms with van der Waals surface area (Å²) in [5, 5.41) is 11.1. The summed E-state index contributed by atoms with van der Waals surface area (Å²) in [6.45, 7) is 2.22. The molecule has 0 bridgehead atoms. The van der Waals surface area contributed by atoms with Crippen molar-refractivity contribution in [2.75, 3.05) is 6.54 Å². The molecule has 3 rings (SSSR count). The van der Waals surface area contributed by atoms with Crippen molar-refractivity contribution in [2.45, 2.75) is 30.9 Å². The molecule has 1 aliphatic heterocycles. The maximum Gasteiger partial charge on any atom is 0.245 e. The highest BCUT2D eigenvalue weighted by atomic mass is 32.2. The number of sulfonamides is 1. The zero-order valence-electron chi connectivity index (χ0n) is 11.0. The normalized spacial score (nSPS) is 20.0. The SMILES string of the molecule is CC1c2ccsc2CCN1S(=O)(=O)c1c[nH]c(CO)c1. The molecule has 5 nitrogen and oxygen atoms in total. The summed E-state index contributed by atoms with van der Waals surface area (Å²) >= 11 is 1.68. The molecule has 0 amide bonds. The number of rotatable bonds is 3. The van der Waals surface area contributed by atoms with Crippen molar-refractivity contribution in [3.05, 3.63) is 39.8 Å². The summed E-state index contributed by atoms with van der Waals surface area (Å²) in [7, 11) is -3.53. The van der Waals surface area contributed by atoms with E-state index in [1.807, 2.05) is 18.4 Å². The Morgan fingerprint density at radius 2 is 2.35 bits per heavy atom. The molecule has 1 unspecified atom stereocenters. The highest BCUT2D eigenvalue weighted by Crippen LogP contribution is 2.36. The summed E-state index contributed by atoms with van der Waals surface area (Å²) in [6.07, 6.45) is 2.20. The van der Waals surface area contributed by atoms with E-state index in [1.165, 1.54) is 21.4 Å². The van der Waals surface area contributed by atoms with E-state index >= 15 is 0 Å². The van der Waals surface area contributed by atoms with Crippen LogP contribution in [0.2, 0.25) is 0 Å². The van der Waals surface area contributed by atoms with Crippen molar-refractivity contribution in [1.29, 1.82) is 0 Å². The van der Waals surface area contributed by atoms with Gasteiger partial charge in [-0.05, 0) is 36.4 Å². The van der Waals surface area contributed by atoms with Crippen LogP contribution in [0.4, 0.5) is 0 Å². The summed E-state index contributed by atoms with van der Waals surface area (Å²) in [4.78, 5) is 4.26. The second kappa shape index (κ2) is 5.00. The average molecular weight is 312 g/mol. The predicted molar refractivity (Wildman–Crippen MR) is 77.0 cm³/mol. The fourth-order valence-corrected chi connectivity index (χ4v) is 5.20. The van der Waals surface area contributed by atoms with Crippen LogP contribution >= 0.6 is 11.3 Å². The molecular weight excluding hydrogens is 296 g/mol. The van der Waals surface area contributed by atoms with Gasteiger partial charge in [0.15, 0.2) is 0 Å². The first kappa shape index (κ1) is 13.8. The van der Waals surface area contributed by atoms with Gasteiger partial charge in [0.25, 0.3) is 0 Å². The van der Waals surface area contributed by atoms with Gasteiger partial charge in [0, 0.05) is 29.4 Å². The van der Waals surface area contributed by atoms with Crippen LogP contribution in [0.5, 0.6) is 0 Å². The van der Waals surface area contributed by atoms with Gasteiger partial charge in [-0.15, -0.1) is 11.3 Å². The molecule has 0 aromatic carbocycles. The summed E-state index contributed by atoms with van der Waals surface area (Å²) in [6, 6.07) is 3.34. The first-order valence-electron chi connectivity index (χ1n) is 6.40.